The monoisotopic (exact) mass is 400 g/mol. The van der Waals surface area contributed by atoms with Crippen LogP contribution in [0.25, 0.3) is 0 Å². The molecule has 1 aliphatic rings. The molecule has 0 fully saturated rings. The summed E-state index contributed by atoms with van der Waals surface area (Å²) < 4.78 is 0. The van der Waals surface area contributed by atoms with Crippen LogP contribution in [0.4, 0.5) is 0 Å². The van der Waals surface area contributed by atoms with Gasteiger partial charge in [0.2, 0.25) is 0 Å². The second kappa shape index (κ2) is 9.76. The molecule has 1 heterocycles. The number of nitrogens with one attached hydrogen (secondary N) is 2. The van der Waals surface area contributed by atoms with Gasteiger partial charge in [0.05, 0.1) is 0 Å². The Morgan fingerprint density at radius 2 is 2.10 bits per heavy atom. The van der Waals surface area contributed by atoms with E-state index >= 15 is 0 Å². The molecule has 0 bridgehead atoms. The average Bonchev–Trinajstić information content (AvgIpc) is 2.94. The van der Waals surface area contributed by atoms with Crippen molar-refractivity contribution in [3.8, 4) is 0 Å². The van der Waals surface area contributed by atoms with E-state index in [1.807, 2.05) is 19.2 Å². The van der Waals surface area contributed by atoms with Crippen LogP contribution in [-0.2, 0) is 6.42 Å². The SMILES string of the molecule is CCNC(=NCCc1ccc(C)nc1)NC1CC=CC1.I. The zero-order valence-corrected chi connectivity index (χ0v) is 15.1. The van der Waals surface area contributed by atoms with Gasteiger partial charge in [-0.1, -0.05) is 18.2 Å². The van der Waals surface area contributed by atoms with Gasteiger partial charge in [0, 0.05) is 31.0 Å². The maximum atomic E-state index is 4.63. The van der Waals surface area contributed by atoms with Crippen LogP contribution < -0.4 is 10.6 Å². The molecule has 0 spiro atoms. The maximum absolute atomic E-state index is 4.63. The summed E-state index contributed by atoms with van der Waals surface area (Å²) in [7, 11) is 0. The van der Waals surface area contributed by atoms with E-state index in [0.29, 0.717) is 6.04 Å². The largest absolute Gasteiger partial charge is 0.357 e. The average molecular weight is 400 g/mol. The Bertz CT molecular complexity index is 460. The summed E-state index contributed by atoms with van der Waals surface area (Å²) >= 11 is 0. The number of halogens is 1. The van der Waals surface area contributed by atoms with Gasteiger partial charge in [-0.15, -0.1) is 24.0 Å². The summed E-state index contributed by atoms with van der Waals surface area (Å²) in [6.45, 7) is 5.76. The van der Waals surface area contributed by atoms with Gasteiger partial charge in [0.15, 0.2) is 5.96 Å². The number of aliphatic imine (C=N–C) groups is 1. The Labute approximate surface area is 144 Å². The summed E-state index contributed by atoms with van der Waals surface area (Å²) in [6, 6.07) is 4.67. The van der Waals surface area contributed by atoms with E-state index < -0.39 is 0 Å². The normalized spacial score (nSPS) is 14.9. The van der Waals surface area contributed by atoms with Crippen LogP contribution in [0, 0.1) is 6.92 Å². The van der Waals surface area contributed by atoms with E-state index in [1.165, 1.54) is 5.56 Å². The van der Waals surface area contributed by atoms with Crippen molar-refractivity contribution in [1.82, 2.24) is 15.6 Å². The van der Waals surface area contributed by atoms with Crippen LogP contribution in [0.5, 0.6) is 0 Å². The lowest BCUT2D eigenvalue weighted by atomic mass is 10.2. The van der Waals surface area contributed by atoms with E-state index in [4.69, 9.17) is 0 Å². The molecule has 5 heteroatoms. The summed E-state index contributed by atoms with van der Waals surface area (Å²) in [4.78, 5) is 8.94. The molecule has 4 nitrogen and oxygen atoms in total. The van der Waals surface area contributed by atoms with Crippen molar-refractivity contribution < 1.29 is 0 Å². The molecule has 1 aliphatic carbocycles. The van der Waals surface area contributed by atoms with Crippen LogP contribution in [0.1, 0.15) is 31.0 Å². The lowest BCUT2D eigenvalue weighted by molar-refractivity contribution is 0.633. The summed E-state index contributed by atoms with van der Waals surface area (Å²) in [5.74, 6) is 0.918. The predicted molar refractivity (Wildman–Crippen MR) is 99.4 cm³/mol. The molecule has 0 unspecified atom stereocenters. The molecular weight excluding hydrogens is 375 g/mol. The molecule has 1 aromatic rings. The minimum Gasteiger partial charge on any atom is -0.357 e. The molecule has 116 valence electrons. The van der Waals surface area contributed by atoms with Gasteiger partial charge >= 0.3 is 0 Å². The number of aromatic nitrogens is 1. The van der Waals surface area contributed by atoms with Gasteiger partial charge in [-0.05, 0) is 44.7 Å². The third kappa shape index (κ3) is 6.46. The van der Waals surface area contributed by atoms with Gasteiger partial charge < -0.3 is 10.6 Å². The first-order chi connectivity index (χ1) is 9.78. The molecule has 0 radical (unpaired) electrons. The molecule has 0 saturated carbocycles. The third-order valence-corrected chi connectivity index (χ3v) is 3.34. The Balaban J connectivity index is 0.00000220. The Morgan fingerprint density at radius 1 is 1.33 bits per heavy atom. The lowest BCUT2D eigenvalue weighted by Gasteiger charge is -2.16. The standard InChI is InChI=1S/C16H24N4.HI/c1-3-17-16(20-15-6-4-5-7-15)18-11-10-14-9-8-13(2)19-12-14;/h4-5,8-9,12,15H,3,6-7,10-11H2,1-2H3,(H2,17,18,20);1H. The van der Waals surface area contributed by atoms with Crippen molar-refractivity contribution in [2.75, 3.05) is 13.1 Å². The number of guanidine groups is 1. The maximum Gasteiger partial charge on any atom is 0.191 e. The zero-order valence-electron chi connectivity index (χ0n) is 12.8. The van der Waals surface area contributed by atoms with Crippen molar-refractivity contribution in [1.29, 1.82) is 0 Å². The first kappa shape index (κ1) is 17.9. The number of aryl methyl sites for hydroxylation is 1. The van der Waals surface area contributed by atoms with Gasteiger partial charge in [-0.3, -0.25) is 9.98 Å². The van der Waals surface area contributed by atoms with Crippen LogP contribution in [-0.4, -0.2) is 30.1 Å². The summed E-state index contributed by atoms with van der Waals surface area (Å²) in [5, 5.41) is 6.77. The minimum atomic E-state index is 0. The summed E-state index contributed by atoms with van der Waals surface area (Å²) in [5.41, 5.74) is 2.29. The number of rotatable bonds is 5. The predicted octanol–water partition coefficient (Wildman–Crippen LogP) is 2.82. The topological polar surface area (TPSA) is 49.3 Å². The molecule has 0 saturated heterocycles. The second-order valence-corrected chi connectivity index (χ2v) is 5.10. The van der Waals surface area contributed by atoms with Crippen molar-refractivity contribution >= 4 is 29.9 Å². The fourth-order valence-corrected chi connectivity index (χ4v) is 2.19. The smallest absolute Gasteiger partial charge is 0.191 e. The Hall–Kier alpha value is -1.11. The Morgan fingerprint density at radius 3 is 2.71 bits per heavy atom. The second-order valence-electron chi connectivity index (χ2n) is 5.10. The first-order valence-electron chi connectivity index (χ1n) is 7.39. The van der Waals surface area contributed by atoms with Gasteiger partial charge in [-0.25, -0.2) is 0 Å². The molecule has 1 aromatic heterocycles. The lowest BCUT2D eigenvalue weighted by Crippen LogP contribution is -2.42. The fourth-order valence-electron chi connectivity index (χ4n) is 2.19. The van der Waals surface area contributed by atoms with Crippen LogP contribution in [0.2, 0.25) is 0 Å². The van der Waals surface area contributed by atoms with E-state index in [-0.39, 0.29) is 24.0 Å². The van der Waals surface area contributed by atoms with Crippen molar-refractivity contribution in [2.24, 2.45) is 4.99 Å². The molecule has 0 atom stereocenters. The van der Waals surface area contributed by atoms with Crippen molar-refractivity contribution in [2.45, 2.75) is 39.2 Å². The highest BCUT2D eigenvalue weighted by Crippen LogP contribution is 2.08. The van der Waals surface area contributed by atoms with Crippen LogP contribution in [0.3, 0.4) is 0 Å². The quantitative estimate of drug-likeness (QED) is 0.346. The first-order valence-corrected chi connectivity index (χ1v) is 7.39. The van der Waals surface area contributed by atoms with Gasteiger partial charge in [0.1, 0.15) is 0 Å². The fraction of sp³-hybridized carbons (Fsp3) is 0.500. The van der Waals surface area contributed by atoms with E-state index in [1.54, 1.807) is 0 Å². The van der Waals surface area contributed by atoms with Gasteiger partial charge in [-0.2, -0.15) is 0 Å². The molecular formula is C16H25IN4. The number of hydrogen-bond acceptors (Lipinski definition) is 2. The zero-order chi connectivity index (χ0) is 14.2. The molecule has 2 N–H and O–H groups in total. The van der Waals surface area contributed by atoms with E-state index in [0.717, 1.165) is 44.0 Å². The highest BCUT2D eigenvalue weighted by atomic mass is 127. The van der Waals surface area contributed by atoms with Crippen molar-refractivity contribution in [3.63, 3.8) is 0 Å². The van der Waals surface area contributed by atoms with Gasteiger partial charge in [0.25, 0.3) is 0 Å². The molecule has 21 heavy (non-hydrogen) atoms. The number of hydrogen-bond donors (Lipinski definition) is 2. The number of pyridine rings is 1. The highest BCUT2D eigenvalue weighted by Gasteiger charge is 2.11. The minimum absolute atomic E-state index is 0. The van der Waals surface area contributed by atoms with E-state index in [2.05, 4.69) is 45.8 Å². The van der Waals surface area contributed by atoms with Crippen LogP contribution in [0.15, 0.2) is 35.5 Å². The molecule has 0 aliphatic heterocycles. The molecule has 0 amide bonds. The molecule has 2 rings (SSSR count). The van der Waals surface area contributed by atoms with Crippen molar-refractivity contribution in [3.05, 3.63) is 41.7 Å². The number of nitrogens with zero attached hydrogens (tertiary/aromatic N) is 2. The molecule has 0 aromatic carbocycles. The van der Waals surface area contributed by atoms with Crippen LogP contribution >= 0.6 is 24.0 Å². The van der Waals surface area contributed by atoms with E-state index in [9.17, 15) is 0 Å². The Kier molecular flexibility index (Phi) is 8.34. The highest BCUT2D eigenvalue weighted by molar-refractivity contribution is 14.0. The third-order valence-electron chi connectivity index (χ3n) is 3.34. The summed E-state index contributed by atoms with van der Waals surface area (Å²) in [6.07, 6.45) is 9.48.